The lowest BCUT2D eigenvalue weighted by Crippen LogP contribution is -2.40. The molecule has 1 fully saturated rings. The third kappa shape index (κ3) is 6.42. The van der Waals surface area contributed by atoms with Gasteiger partial charge in [-0.3, -0.25) is 14.9 Å². The highest BCUT2D eigenvalue weighted by molar-refractivity contribution is 5.89. The molecule has 3 rings (SSSR count). The normalized spacial score (nSPS) is 18.5. The van der Waals surface area contributed by atoms with Gasteiger partial charge in [0.15, 0.2) is 0 Å². The Bertz CT molecular complexity index is 1090. The van der Waals surface area contributed by atoms with Crippen molar-refractivity contribution in [2.24, 2.45) is 5.92 Å². The number of nitro groups is 1. The van der Waals surface area contributed by atoms with E-state index in [4.69, 9.17) is 4.74 Å². The molecule has 2 aromatic rings. The summed E-state index contributed by atoms with van der Waals surface area (Å²) >= 11 is 0. The number of carboxylic acid groups (broad SMARTS) is 1. The summed E-state index contributed by atoms with van der Waals surface area (Å²) in [4.78, 5) is 37.3. The molecule has 0 bridgehead atoms. The first-order valence-corrected chi connectivity index (χ1v) is 12.6. The van der Waals surface area contributed by atoms with Crippen LogP contribution in [0.5, 0.6) is 0 Å². The Morgan fingerprint density at radius 2 is 1.78 bits per heavy atom. The number of carbonyl (C=O) groups excluding carboxylic acids is 1. The summed E-state index contributed by atoms with van der Waals surface area (Å²) in [5, 5.41) is 21.7. The van der Waals surface area contributed by atoms with Gasteiger partial charge in [0.25, 0.3) is 5.69 Å². The van der Waals surface area contributed by atoms with E-state index in [1.165, 1.54) is 7.11 Å². The number of rotatable bonds is 10. The standard InChI is InChI=1S/C28H36N2O6/c1-18(2)17-29(22-12-9-20(10-13-22)23-7-5-6-8-24(23)28(32)33)25-14-11-21(16-26(25)30(34)35)19(3)15-27(31)36-4/h5-8,11,14,16,18-20,22H,9-10,12-13,15,17H2,1-4H3,(H,32,33). The van der Waals surface area contributed by atoms with Gasteiger partial charge in [-0.25, -0.2) is 4.79 Å². The van der Waals surface area contributed by atoms with Gasteiger partial charge in [-0.2, -0.15) is 0 Å². The maximum absolute atomic E-state index is 12.1. The monoisotopic (exact) mass is 496 g/mol. The smallest absolute Gasteiger partial charge is 0.335 e. The molecule has 8 heteroatoms. The molecule has 0 aliphatic heterocycles. The molecule has 1 aliphatic carbocycles. The number of carbonyl (C=O) groups is 2. The first-order chi connectivity index (χ1) is 17.1. The molecular formula is C28H36N2O6. The highest BCUT2D eigenvalue weighted by Gasteiger charge is 2.32. The maximum atomic E-state index is 12.1. The van der Waals surface area contributed by atoms with Crippen molar-refractivity contribution in [1.29, 1.82) is 0 Å². The van der Waals surface area contributed by atoms with Crippen LogP contribution in [0.25, 0.3) is 0 Å². The van der Waals surface area contributed by atoms with Crippen LogP contribution in [0.1, 0.15) is 86.2 Å². The van der Waals surface area contributed by atoms with Crippen LogP contribution < -0.4 is 4.90 Å². The third-order valence-electron chi connectivity index (χ3n) is 7.11. The number of esters is 1. The topological polar surface area (TPSA) is 110 Å². The van der Waals surface area contributed by atoms with Gasteiger partial charge in [-0.05, 0) is 66.7 Å². The second-order valence-corrected chi connectivity index (χ2v) is 10.1. The third-order valence-corrected chi connectivity index (χ3v) is 7.11. The summed E-state index contributed by atoms with van der Waals surface area (Å²) in [6.45, 7) is 6.73. The van der Waals surface area contributed by atoms with E-state index in [1.54, 1.807) is 18.2 Å². The van der Waals surface area contributed by atoms with Crippen molar-refractivity contribution < 1.29 is 24.4 Å². The van der Waals surface area contributed by atoms with Crippen LogP contribution in [0.3, 0.4) is 0 Å². The summed E-state index contributed by atoms with van der Waals surface area (Å²) in [6, 6.07) is 12.6. The highest BCUT2D eigenvalue weighted by Crippen LogP contribution is 2.40. The molecule has 0 spiro atoms. The first kappa shape index (κ1) is 27.2. The second kappa shape index (κ2) is 12.0. The van der Waals surface area contributed by atoms with Gasteiger partial charge in [0, 0.05) is 18.7 Å². The van der Waals surface area contributed by atoms with Gasteiger partial charge < -0.3 is 14.7 Å². The number of hydrogen-bond acceptors (Lipinski definition) is 6. The zero-order valence-electron chi connectivity index (χ0n) is 21.5. The van der Waals surface area contributed by atoms with Crippen LogP contribution >= 0.6 is 0 Å². The fourth-order valence-corrected chi connectivity index (χ4v) is 5.27. The number of hydrogen-bond donors (Lipinski definition) is 1. The van der Waals surface area contributed by atoms with Gasteiger partial charge >= 0.3 is 11.9 Å². The Morgan fingerprint density at radius 3 is 2.36 bits per heavy atom. The van der Waals surface area contributed by atoms with Crippen LogP contribution in [0, 0.1) is 16.0 Å². The van der Waals surface area contributed by atoms with E-state index in [1.807, 2.05) is 31.2 Å². The van der Waals surface area contributed by atoms with E-state index in [9.17, 15) is 24.8 Å². The Hall–Kier alpha value is -3.42. The van der Waals surface area contributed by atoms with E-state index < -0.39 is 5.97 Å². The maximum Gasteiger partial charge on any atom is 0.335 e. The van der Waals surface area contributed by atoms with E-state index >= 15 is 0 Å². The number of aromatic carboxylic acids is 1. The van der Waals surface area contributed by atoms with Gasteiger partial charge in [0.05, 0.1) is 24.0 Å². The molecule has 0 saturated heterocycles. The fraction of sp³-hybridized carbons (Fsp3) is 0.500. The van der Waals surface area contributed by atoms with Gasteiger partial charge in [0.2, 0.25) is 0 Å². The van der Waals surface area contributed by atoms with Crippen molar-refractivity contribution >= 4 is 23.3 Å². The SMILES string of the molecule is COC(=O)CC(C)c1ccc(N(CC(C)C)C2CCC(c3ccccc3C(=O)O)CC2)c([N+](=O)[O-])c1. The number of carboxylic acids is 1. The summed E-state index contributed by atoms with van der Waals surface area (Å²) in [5.41, 5.74) is 2.59. The van der Waals surface area contributed by atoms with E-state index in [-0.39, 0.29) is 40.9 Å². The van der Waals surface area contributed by atoms with Crippen LogP contribution in [0.4, 0.5) is 11.4 Å². The number of anilines is 1. The molecule has 1 saturated carbocycles. The van der Waals surface area contributed by atoms with Crippen molar-refractivity contribution in [2.75, 3.05) is 18.6 Å². The fourth-order valence-electron chi connectivity index (χ4n) is 5.27. The summed E-state index contributed by atoms with van der Waals surface area (Å²) in [5.74, 6) is -1.00. The largest absolute Gasteiger partial charge is 0.478 e. The van der Waals surface area contributed by atoms with Gasteiger partial charge in [-0.1, -0.05) is 45.0 Å². The van der Waals surface area contributed by atoms with Crippen LogP contribution in [0.15, 0.2) is 42.5 Å². The molecule has 1 aliphatic rings. The van der Waals surface area contributed by atoms with Crippen molar-refractivity contribution in [1.82, 2.24) is 0 Å². The molecule has 0 amide bonds. The highest BCUT2D eigenvalue weighted by atomic mass is 16.6. The number of benzene rings is 2. The molecule has 0 heterocycles. The lowest BCUT2D eigenvalue weighted by molar-refractivity contribution is -0.384. The molecule has 1 atom stereocenters. The summed E-state index contributed by atoms with van der Waals surface area (Å²) in [7, 11) is 1.33. The molecule has 8 nitrogen and oxygen atoms in total. The average molecular weight is 497 g/mol. The summed E-state index contributed by atoms with van der Waals surface area (Å²) < 4.78 is 4.75. The predicted octanol–water partition coefficient (Wildman–Crippen LogP) is 6.15. The summed E-state index contributed by atoms with van der Waals surface area (Å²) in [6.07, 6.45) is 3.45. The average Bonchev–Trinajstić information content (AvgIpc) is 2.86. The molecule has 1 unspecified atom stereocenters. The number of nitro benzene ring substituents is 1. The van der Waals surface area contributed by atoms with E-state index in [0.717, 1.165) is 36.8 Å². The van der Waals surface area contributed by atoms with Gasteiger partial charge in [0.1, 0.15) is 5.69 Å². The Labute approximate surface area is 212 Å². The molecule has 0 aromatic heterocycles. The lowest BCUT2D eigenvalue weighted by Gasteiger charge is -2.39. The van der Waals surface area contributed by atoms with Gasteiger partial charge in [-0.15, -0.1) is 0 Å². The minimum Gasteiger partial charge on any atom is -0.478 e. The van der Waals surface area contributed by atoms with Crippen molar-refractivity contribution in [2.45, 2.75) is 70.8 Å². The number of ether oxygens (including phenoxy) is 1. The molecule has 194 valence electrons. The second-order valence-electron chi connectivity index (χ2n) is 10.1. The Morgan fingerprint density at radius 1 is 1.11 bits per heavy atom. The predicted molar refractivity (Wildman–Crippen MR) is 139 cm³/mol. The zero-order chi connectivity index (χ0) is 26.4. The Kier molecular flexibility index (Phi) is 9.07. The minimum absolute atomic E-state index is 0.0446. The molecule has 0 radical (unpaired) electrons. The molecule has 36 heavy (non-hydrogen) atoms. The number of methoxy groups -OCH3 is 1. The molecule has 2 aromatic carbocycles. The van der Waals surface area contributed by atoms with E-state index in [2.05, 4.69) is 18.7 Å². The lowest BCUT2D eigenvalue weighted by atomic mass is 9.79. The van der Waals surface area contributed by atoms with Crippen LogP contribution in [0.2, 0.25) is 0 Å². The van der Waals surface area contributed by atoms with Crippen molar-refractivity contribution in [3.8, 4) is 0 Å². The minimum atomic E-state index is -0.911. The number of nitrogens with zero attached hydrogens (tertiary/aromatic N) is 2. The van der Waals surface area contributed by atoms with Crippen molar-refractivity contribution in [3.63, 3.8) is 0 Å². The first-order valence-electron chi connectivity index (χ1n) is 12.6. The molecular weight excluding hydrogens is 460 g/mol. The van der Waals surface area contributed by atoms with Crippen LogP contribution in [-0.4, -0.2) is 41.7 Å². The zero-order valence-corrected chi connectivity index (χ0v) is 21.5. The van der Waals surface area contributed by atoms with Crippen molar-refractivity contribution in [3.05, 3.63) is 69.3 Å². The van der Waals surface area contributed by atoms with Crippen LogP contribution in [-0.2, 0) is 9.53 Å². The quantitative estimate of drug-likeness (QED) is 0.239. The van der Waals surface area contributed by atoms with E-state index in [0.29, 0.717) is 23.7 Å². The Balaban J connectivity index is 1.86. The molecule has 1 N–H and O–H groups in total.